The Hall–Kier alpha value is 0.690. The second-order valence-electron chi connectivity index (χ2n) is 4.24. The minimum atomic E-state index is 0.774. The van der Waals surface area contributed by atoms with E-state index < -0.39 is 0 Å². The van der Waals surface area contributed by atoms with Gasteiger partial charge in [0.1, 0.15) is 0 Å². The molecule has 0 bridgehead atoms. The monoisotopic (exact) mass is 281 g/mol. The van der Waals surface area contributed by atoms with E-state index in [1.54, 1.807) is 0 Å². The third kappa shape index (κ3) is 2.87. The molecule has 1 rings (SSSR count). The SMILES string of the molecule is CNC1CC(C)CC(C(C)I)C1. The predicted molar refractivity (Wildman–Crippen MR) is 62.8 cm³/mol. The molecule has 0 heterocycles. The van der Waals surface area contributed by atoms with Crippen molar-refractivity contribution in [3.05, 3.63) is 0 Å². The van der Waals surface area contributed by atoms with Gasteiger partial charge in [-0.2, -0.15) is 0 Å². The molecule has 72 valence electrons. The molecule has 1 nitrogen and oxygen atoms in total. The zero-order valence-corrected chi connectivity index (χ0v) is 10.5. The number of halogens is 1. The molecule has 0 aliphatic heterocycles. The zero-order valence-electron chi connectivity index (χ0n) is 8.31. The van der Waals surface area contributed by atoms with Gasteiger partial charge in [0.05, 0.1) is 0 Å². The average Bonchev–Trinajstić information content (AvgIpc) is 2.03. The van der Waals surface area contributed by atoms with Crippen LogP contribution in [0.5, 0.6) is 0 Å². The van der Waals surface area contributed by atoms with Crippen molar-refractivity contribution in [2.75, 3.05) is 7.05 Å². The third-order valence-corrected chi connectivity index (χ3v) is 4.05. The number of hydrogen-bond donors (Lipinski definition) is 1. The van der Waals surface area contributed by atoms with E-state index >= 15 is 0 Å². The smallest absolute Gasteiger partial charge is 0.0110 e. The molecule has 0 aromatic rings. The first-order valence-corrected chi connectivity index (χ1v) is 6.19. The van der Waals surface area contributed by atoms with Gasteiger partial charge in [0.25, 0.3) is 0 Å². The lowest BCUT2D eigenvalue weighted by molar-refractivity contribution is 0.236. The standard InChI is InChI=1S/C10H20IN/c1-7-4-9(8(2)11)6-10(5-7)12-3/h7-10,12H,4-6H2,1-3H3. The van der Waals surface area contributed by atoms with Gasteiger partial charge < -0.3 is 5.32 Å². The molecule has 0 aromatic carbocycles. The van der Waals surface area contributed by atoms with E-state index in [0.717, 1.165) is 21.8 Å². The summed E-state index contributed by atoms with van der Waals surface area (Å²) < 4.78 is 0.834. The first-order chi connectivity index (χ1) is 5.63. The van der Waals surface area contributed by atoms with Crippen molar-refractivity contribution in [3.8, 4) is 0 Å². The van der Waals surface area contributed by atoms with Crippen LogP contribution in [0.1, 0.15) is 33.1 Å². The van der Waals surface area contributed by atoms with Crippen molar-refractivity contribution in [2.45, 2.75) is 43.1 Å². The number of hydrogen-bond acceptors (Lipinski definition) is 1. The van der Waals surface area contributed by atoms with Crippen LogP contribution < -0.4 is 5.32 Å². The molecule has 1 fully saturated rings. The average molecular weight is 281 g/mol. The van der Waals surface area contributed by atoms with Crippen molar-refractivity contribution in [2.24, 2.45) is 11.8 Å². The largest absolute Gasteiger partial charge is 0.317 e. The van der Waals surface area contributed by atoms with E-state index in [1.165, 1.54) is 19.3 Å². The van der Waals surface area contributed by atoms with Crippen LogP contribution in [-0.4, -0.2) is 17.0 Å². The Morgan fingerprint density at radius 3 is 2.50 bits per heavy atom. The van der Waals surface area contributed by atoms with Gasteiger partial charge in [-0.3, -0.25) is 0 Å². The summed E-state index contributed by atoms with van der Waals surface area (Å²) in [5, 5.41) is 3.42. The summed E-state index contributed by atoms with van der Waals surface area (Å²) >= 11 is 2.57. The molecule has 1 N–H and O–H groups in total. The van der Waals surface area contributed by atoms with Gasteiger partial charge in [-0.05, 0) is 38.1 Å². The maximum Gasteiger partial charge on any atom is 0.0110 e. The highest BCUT2D eigenvalue weighted by atomic mass is 127. The van der Waals surface area contributed by atoms with Gasteiger partial charge >= 0.3 is 0 Å². The molecule has 4 unspecified atom stereocenters. The maximum absolute atomic E-state index is 3.42. The maximum atomic E-state index is 3.42. The molecule has 4 atom stereocenters. The zero-order chi connectivity index (χ0) is 9.14. The minimum Gasteiger partial charge on any atom is -0.317 e. The van der Waals surface area contributed by atoms with Crippen LogP contribution in [0.15, 0.2) is 0 Å². The summed E-state index contributed by atoms with van der Waals surface area (Å²) in [6.07, 6.45) is 4.18. The second-order valence-corrected chi connectivity index (χ2v) is 6.20. The van der Waals surface area contributed by atoms with Gasteiger partial charge in [0, 0.05) is 9.97 Å². The van der Waals surface area contributed by atoms with Crippen LogP contribution in [0.3, 0.4) is 0 Å². The molecule has 0 amide bonds. The van der Waals surface area contributed by atoms with Gasteiger partial charge in [0.2, 0.25) is 0 Å². The number of alkyl halides is 1. The predicted octanol–water partition coefficient (Wildman–Crippen LogP) is 2.83. The summed E-state index contributed by atoms with van der Waals surface area (Å²) in [7, 11) is 2.09. The Morgan fingerprint density at radius 1 is 1.33 bits per heavy atom. The Labute approximate surface area is 89.8 Å². The molecule has 0 aromatic heterocycles. The van der Waals surface area contributed by atoms with Crippen molar-refractivity contribution in [1.29, 1.82) is 0 Å². The highest BCUT2D eigenvalue weighted by molar-refractivity contribution is 14.1. The summed E-state index contributed by atoms with van der Waals surface area (Å²) in [6.45, 7) is 4.73. The van der Waals surface area contributed by atoms with Gasteiger partial charge in [-0.25, -0.2) is 0 Å². The fraction of sp³-hybridized carbons (Fsp3) is 1.00. The summed E-state index contributed by atoms with van der Waals surface area (Å²) in [5.41, 5.74) is 0. The van der Waals surface area contributed by atoms with E-state index in [4.69, 9.17) is 0 Å². The molecule has 1 aliphatic rings. The van der Waals surface area contributed by atoms with Crippen molar-refractivity contribution in [3.63, 3.8) is 0 Å². The Bertz CT molecular complexity index is 136. The third-order valence-electron chi connectivity index (χ3n) is 3.04. The summed E-state index contributed by atoms with van der Waals surface area (Å²) in [6, 6.07) is 0.774. The van der Waals surface area contributed by atoms with Crippen molar-refractivity contribution < 1.29 is 0 Å². The number of rotatable bonds is 2. The molecular weight excluding hydrogens is 261 g/mol. The molecule has 0 spiro atoms. The number of nitrogens with one attached hydrogen (secondary N) is 1. The van der Waals surface area contributed by atoms with Crippen molar-refractivity contribution in [1.82, 2.24) is 5.32 Å². The molecule has 0 radical (unpaired) electrons. The topological polar surface area (TPSA) is 12.0 Å². The van der Waals surface area contributed by atoms with Crippen LogP contribution in [0, 0.1) is 11.8 Å². The quantitative estimate of drug-likeness (QED) is 0.606. The normalized spacial score (nSPS) is 39.5. The first-order valence-electron chi connectivity index (χ1n) is 4.94. The van der Waals surface area contributed by atoms with Crippen LogP contribution in [-0.2, 0) is 0 Å². The van der Waals surface area contributed by atoms with E-state index in [2.05, 4.69) is 48.8 Å². The fourth-order valence-electron chi connectivity index (χ4n) is 2.27. The summed E-state index contributed by atoms with van der Waals surface area (Å²) in [4.78, 5) is 0. The van der Waals surface area contributed by atoms with Gasteiger partial charge in [-0.15, -0.1) is 0 Å². The first kappa shape index (κ1) is 10.8. The Balaban J connectivity index is 2.45. The van der Waals surface area contributed by atoms with Crippen LogP contribution in [0.25, 0.3) is 0 Å². The lowest BCUT2D eigenvalue weighted by Gasteiger charge is -2.34. The Morgan fingerprint density at radius 2 is 2.00 bits per heavy atom. The molecule has 2 heteroatoms. The van der Waals surface area contributed by atoms with Gasteiger partial charge in [-0.1, -0.05) is 36.4 Å². The molecular formula is C10H20IN. The van der Waals surface area contributed by atoms with E-state index in [1.807, 2.05) is 0 Å². The summed E-state index contributed by atoms with van der Waals surface area (Å²) in [5.74, 6) is 1.85. The fourth-order valence-corrected chi connectivity index (χ4v) is 2.85. The van der Waals surface area contributed by atoms with Crippen LogP contribution >= 0.6 is 22.6 Å². The molecule has 12 heavy (non-hydrogen) atoms. The lowest BCUT2D eigenvalue weighted by Crippen LogP contribution is -2.36. The second kappa shape index (κ2) is 4.80. The highest BCUT2D eigenvalue weighted by Crippen LogP contribution is 2.33. The minimum absolute atomic E-state index is 0.774. The van der Waals surface area contributed by atoms with Crippen LogP contribution in [0.2, 0.25) is 0 Å². The van der Waals surface area contributed by atoms with Crippen molar-refractivity contribution >= 4 is 22.6 Å². The highest BCUT2D eigenvalue weighted by Gasteiger charge is 2.27. The van der Waals surface area contributed by atoms with E-state index in [0.29, 0.717) is 0 Å². The molecule has 1 saturated carbocycles. The Kier molecular flexibility index (Phi) is 4.30. The lowest BCUT2D eigenvalue weighted by atomic mass is 9.78. The van der Waals surface area contributed by atoms with Crippen LogP contribution in [0.4, 0.5) is 0 Å². The van der Waals surface area contributed by atoms with E-state index in [-0.39, 0.29) is 0 Å². The van der Waals surface area contributed by atoms with Gasteiger partial charge in [0.15, 0.2) is 0 Å². The molecule has 0 saturated heterocycles. The molecule has 1 aliphatic carbocycles. The van der Waals surface area contributed by atoms with E-state index in [9.17, 15) is 0 Å².